The molecule has 2 fully saturated rings. The van der Waals surface area contributed by atoms with Gasteiger partial charge in [0.2, 0.25) is 5.91 Å². The largest absolute Gasteiger partial charge is 0.497 e. The molecule has 3 rings (SSSR count). The summed E-state index contributed by atoms with van der Waals surface area (Å²) in [7, 11) is 1.69. The van der Waals surface area contributed by atoms with Crippen LogP contribution in [0.3, 0.4) is 0 Å². The van der Waals surface area contributed by atoms with Crippen molar-refractivity contribution in [3.05, 3.63) is 29.8 Å². The highest BCUT2D eigenvalue weighted by Crippen LogP contribution is 2.24. The number of methoxy groups -OCH3 is 1. The van der Waals surface area contributed by atoms with Crippen LogP contribution in [0.25, 0.3) is 0 Å². The summed E-state index contributed by atoms with van der Waals surface area (Å²) in [4.78, 5) is 17.2. The minimum absolute atomic E-state index is 0.148. The van der Waals surface area contributed by atoms with E-state index in [2.05, 4.69) is 24.0 Å². The van der Waals surface area contributed by atoms with Crippen molar-refractivity contribution in [1.82, 2.24) is 9.80 Å². The molecular formula is C20H30N2O3. The van der Waals surface area contributed by atoms with E-state index in [0.717, 1.165) is 51.3 Å². The fourth-order valence-electron chi connectivity index (χ4n) is 3.89. The highest BCUT2D eigenvalue weighted by Gasteiger charge is 2.30. The topological polar surface area (TPSA) is 42.0 Å². The van der Waals surface area contributed by atoms with Crippen LogP contribution >= 0.6 is 0 Å². The highest BCUT2D eigenvalue weighted by atomic mass is 16.5. The zero-order valence-corrected chi connectivity index (χ0v) is 15.4. The molecule has 0 radical (unpaired) electrons. The Labute approximate surface area is 150 Å². The van der Waals surface area contributed by atoms with Gasteiger partial charge in [0.05, 0.1) is 26.2 Å². The van der Waals surface area contributed by atoms with E-state index in [1.807, 2.05) is 17.0 Å². The number of carbonyl (C=O) groups is 1. The molecule has 0 bridgehead atoms. The zero-order chi connectivity index (χ0) is 17.6. The van der Waals surface area contributed by atoms with Crippen molar-refractivity contribution in [2.75, 3.05) is 53.0 Å². The third-order valence-electron chi connectivity index (χ3n) is 5.39. The average molecular weight is 346 g/mol. The Morgan fingerprint density at radius 3 is 2.64 bits per heavy atom. The van der Waals surface area contributed by atoms with Gasteiger partial charge in [0.25, 0.3) is 0 Å². The van der Waals surface area contributed by atoms with Crippen molar-refractivity contribution in [3.8, 4) is 5.75 Å². The van der Waals surface area contributed by atoms with Gasteiger partial charge in [-0.2, -0.15) is 0 Å². The third-order valence-corrected chi connectivity index (χ3v) is 5.39. The van der Waals surface area contributed by atoms with Gasteiger partial charge in [0, 0.05) is 26.2 Å². The van der Waals surface area contributed by atoms with E-state index in [0.29, 0.717) is 25.0 Å². The maximum absolute atomic E-state index is 12.8. The smallest absolute Gasteiger partial charge is 0.227 e. The molecule has 0 saturated carbocycles. The number of morpholine rings is 1. The second-order valence-corrected chi connectivity index (χ2v) is 7.21. The third kappa shape index (κ3) is 4.73. The van der Waals surface area contributed by atoms with Crippen molar-refractivity contribution < 1.29 is 14.3 Å². The molecule has 1 aromatic carbocycles. The standard InChI is InChI=1S/C20H30N2O3/c1-16(17-5-7-19(24-2)8-6-17)14-21-9-3-4-18(15-21)20(23)22-10-12-25-13-11-22/h5-8,16,18H,3-4,9-15H2,1-2H3. The van der Waals surface area contributed by atoms with Gasteiger partial charge in [0.1, 0.15) is 5.75 Å². The molecule has 0 spiro atoms. The Kier molecular flexibility index (Phi) is 6.32. The molecule has 25 heavy (non-hydrogen) atoms. The van der Waals surface area contributed by atoms with Crippen molar-refractivity contribution in [1.29, 1.82) is 0 Å². The summed E-state index contributed by atoms with van der Waals surface area (Å²) in [5.41, 5.74) is 1.32. The molecule has 2 aliphatic rings. The number of hydrogen-bond donors (Lipinski definition) is 0. The number of benzene rings is 1. The lowest BCUT2D eigenvalue weighted by Crippen LogP contribution is -2.48. The van der Waals surface area contributed by atoms with Crippen molar-refractivity contribution in [2.45, 2.75) is 25.7 Å². The summed E-state index contributed by atoms with van der Waals surface area (Å²) in [5, 5.41) is 0. The first-order chi connectivity index (χ1) is 12.2. The van der Waals surface area contributed by atoms with Crippen LogP contribution in [0.2, 0.25) is 0 Å². The van der Waals surface area contributed by atoms with Crippen molar-refractivity contribution in [2.24, 2.45) is 5.92 Å². The average Bonchev–Trinajstić information content (AvgIpc) is 2.68. The Bertz CT molecular complexity index is 555. The van der Waals surface area contributed by atoms with E-state index in [-0.39, 0.29) is 5.92 Å². The van der Waals surface area contributed by atoms with Crippen LogP contribution in [0.1, 0.15) is 31.2 Å². The minimum Gasteiger partial charge on any atom is -0.497 e. The van der Waals surface area contributed by atoms with Crippen molar-refractivity contribution >= 4 is 5.91 Å². The van der Waals surface area contributed by atoms with Crippen LogP contribution in [0, 0.1) is 5.92 Å². The number of hydrogen-bond acceptors (Lipinski definition) is 4. The summed E-state index contributed by atoms with van der Waals surface area (Å²) in [6.07, 6.45) is 2.12. The molecule has 2 unspecified atom stereocenters. The van der Waals surface area contributed by atoms with Gasteiger partial charge in [-0.25, -0.2) is 0 Å². The van der Waals surface area contributed by atoms with Gasteiger partial charge in [-0.05, 0) is 43.0 Å². The summed E-state index contributed by atoms with van der Waals surface area (Å²) in [6, 6.07) is 8.33. The molecule has 5 heteroatoms. The van der Waals surface area contributed by atoms with Gasteiger partial charge in [-0.3, -0.25) is 4.79 Å². The molecule has 1 amide bonds. The normalized spacial score (nSPS) is 23.3. The number of amides is 1. The first kappa shape index (κ1) is 18.2. The monoisotopic (exact) mass is 346 g/mol. The van der Waals surface area contributed by atoms with Crippen LogP contribution in [0.15, 0.2) is 24.3 Å². The van der Waals surface area contributed by atoms with Crippen molar-refractivity contribution in [3.63, 3.8) is 0 Å². The van der Waals surface area contributed by atoms with E-state index >= 15 is 0 Å². The predicted molar refractivity (Wildman–Crippen MR) is 98.0 cm³/mol. The lowest BCUT2D eigenvalue weighted by molar-refractivity contribution is -0.141. The van der Waals surface area contributed by atoms with Crippen LogP contribution < -0.4 is 4.74 Å². The molecule has 2 heterocycles. The Balaban J connectivity index is 1.54. The number of carbonyl (C=O) groups excluding carboxylic acids is 1. The Morgan fingerprint density at radius 1 is 1.24 bits per heavy atom. The summed E-state index contributed by atoms with van der Waals surface area (Å²) in [5.74, 6) is 1.81. The molecule has 0 aromatic heterocycles. The van der Waals surface area contributed by atoms with Gasteiger partial charge in [0.15, 0.2) is 0 Å². The van der Waals surface area contributed by atoms with E-state index in [1.165, 1.54) is 5.56 Å². The Morgan fingerprint density at radius 2 is 1.96 bits per heavy atom. The molecule has 2 aliphatic heterocycles. The van der Waals surface area contributed by atoms with E-state index in [4.69, 9.17) is 9.47 Å². The zero-order valence-electron chi connectivity index (χ0n) is 15.4. The maximum Gasteiger partial charge on any atom is 0.227 e. The van der Waals surface area contributed by atoms with E-state index < -0.39 is 0 Å². The predicted octanol–water partition coefficient (Wildman–Crippen LogP) is 2.37. The van der Waals surface area contributed by atoms with Crippen LogP contribution in [0.5, 0.6) is 5.75 Å². The minimum atomic E-state index is 0.148. The number of likely N-dealkylation sites (tertiary alicyclic amines) is 1. The van der Waals surface area contributed by atoms with E-state index in [1.54, 1.807) is 7.11 Å². The second-order valence-electron chi connectivity index (χ2n) is 7.21. The lowest BCUT2D eigenvalue weighted by atomic mass is 9.94. The van der Waals surface area contributed by atoms with Gasteiger partial charge in [-0.15, -0.1) is 0 Å². The summed E-state index contributed by atoms with van der Waals surface area (Å²) >= 11 is 0. The van der Waals surface area contributed by atoms with Gasteiger partial charge in [-0.1, -0.05) is 19.1 Å². The lowest BCUT2D eigenvalue weighted by Gasteiger charge is -2.37. The summed E-state index contributed by atoms with van der Waals surface area (Å²) < 4.78 is 10.6. The molecule has 0 N–H and O–H groups in total. The van der Waals surface area contributed by atoms with E-state index in [9.17, 15) is 4.79 Å². The first-order valence-electron chi connectivity index (χ1n) is 9.40. The molecule has 0 aliphatic carbocycles. The molecule has 2 atom stereocenters. The molecule has 1 aromatic rings. The fraction of sp³-hybridized carbons (Fsp3) is 0.650. The number of ether oxygens (including phenoxy) is 2. The first-order valence-corrected chi connectivity index (χ1v) is 9.40. The van der Waals surface area contributed by atoms with Crippen LogP contribution in [-0.2, 0) is 9.53 Å². The quantitative estimate of drug-likeness (QED) is 0.821. The molecule has 2 saturated heterocycles. The number of piperidine rings is 1. The number of nitrogens with zero attached hydrogens (tertiary/aromatic N) is 2. The molecule has 5 nitrogen and oxygen atoms in total. The second kappa shape index (κ2) is 8.68. The van der Waals surface area contributed by atoms with Crippen LogP contribution in [-0.4, -0.2) is 68.8 Å². The highest BCUT2D eigenvalue weighted by molar-refractivity contribution is 5.79. The van der Waals surface area contributed by atoms with Crippen LogP contribution in [0.4, 0.5) is 0 Å². The molecule has 138 valence electrons. The van der Waals surface area contributed by atoms with Gasteiger partial charge < -0.3 is 19.3 Å². The van der Waals surface area contributed by atoms with Gasteiger partial charge >= 0.3 is 0 Å². The Hall–Kier alpha value is -1.59. The maximum atomic E-state index is 12.8. The SMILES string of the molecule is COc1ccc(C(C)CN2CCCC(C(=O)N3CCOCC3)C2)cc1. The number of rotatable bonds is 5. The molecular weight excluding hydrogens is 316 g/mol. The summed E-state index contributed by atoms with van der Waals surface area (Å²) in [6.45, 7) is 8.08. The fourth-order valence-corrected chi connectivity index (χ4v) is 3.89.